The van der Waals surface area contributed by atoms with Crippen LogP contribution in [-0.4, -0.2) is 39.6 Å². The minimum Gasteiger partial charge on any atom is -0.496 e. The van der Waals surface area contributed by atoms with Gasteiger partial charge in [0.15, 0.2) is 0 Å². The van der Waals surface area contributed by atoms with E-state index in [-0.39, 0.29) is 23.2 Å². The zero-order valence-electron chi connectivity index (χ0n) is 20.9. The van der Waals surface area contributed by atoms with Crippen LogP contribution in [0.5, 0.6) is 5.75 Å². The number of aliphatic hydroxyl groups is 1. The minimum atomic E-state index is -6.02. The molecule has 0 bridgehead atoms. The molecule has 0 atom stereocenters. The van der Waals surface area contributed by atoms with Crippen LogP contribution in [-0.2, 0) is 12.1 Å². The lowest BCUT2D eigenvalue weighted by molar-refractivity contribution is -0.384. The molecule has 2 aromatic heterocycles. The van der Waals surface area contributed by atoms with Crippen molar-refractivity contribution < 1.29 is 45.6 Å². The molecule has 2 heterocycles. The highest BCUT2D eigenvalue weighted by Crippen LogP contribution is 2.50. The zero-order valence-corrected chi connectivity index (χ0v) is 20.9. The van der Waals surface area contributed by atoms with Gasteiger partial charge in [0.2, 0.25) is 0 Å². The smallest absolute Gasteiger partial charge is 0.430 e. The molecule has 2 N–H and O–H groups in total. The van der Waals surface area contributed by atoms with Crippen LogP contribution in [0.25, 0.3) is 22.0 Å². The number of pyridine rings is 1. The van der Waals surface area contributed by atoms with Gasteiger partial charge in [-0.05, 0) is 31.5 Å². The van der Waals surface area contributed by atoms with Gasteiger partial charge in [-0.15, -0.1) is 0 Å². The van der Waals surface area contributed by atoms with Gasteiger partial charge in [0.25, 0.3) is 5.60 Å². The molecule has 0 amide bonds. The molecular weight excluding hydrogens is 550 g/mol. The molecule has 15 heteroatoms. The molecule has 0 aliphatic heterocycles. The van der Waals surface area contributed by atoms with E-state index >= 15 is 0 Å². The first-order valence-corrected chi connectivity index (χ1v) is 11.4. The lowest BCUT2D eigenvalue weighted by Gasteiger charge is -2.32. The third-order valence-corrected chi connectivity index (χ3v) is 6.33. The molecular formula is C25H20F6N4O5. The highest BCUT2D eigenvalue weighted by Gasteiger charge is 2.71. The number of anilines is 1. The van der Waals surface area contributed by atoms with Gasteiger partial charge in [0.05, 0.1) is 28.8 Å². The first-order chi connectivity index (χ1) is 18.6. The molecule has 4 aromatic rings. The van der Waals surface area contributed by atoms with Gasteiger partial charge in [-0.3, -0.25) is 10.1 Å². The summed E-state index contributed by atoms with van der Waals surface area (Å²) in [7, 11) is 1.39. The van der Waals surface area contributed by atoms with Crippen molar-refractivity contribution in [2.75, 3.05) is 12.4 Å². The summed E-state index contributed by atoms with van der Waals surface area (Å²) < 4.78 is 89.8. The Kier molecular flexibility index (Phi) is 7.13. The Bertz CT molecular complexity index is 1550. The van der Waals surface area contributed by atoms with E-state index in [0.29, 0.717) is 46.0 Å². The van der Waals surface area contributed by atoms with Crippen LogP contribution in [0, 0.1) is 24.0 Å². The van der Waals surface area contributed by atoms with Gasteiger partial charge < -0.3 is 19.7 Å². The van der Waals surface area contributed by atoms with E-state index in [9.17, 15) is 41.6 Å². The van der Waals surface area contributed by atoms with Crippen LogP contribution in [0.15, 0.2) is 47.1 Å². The Balaban J connectivity index is 1.74. The van der Waals surface area contributed by atoms with E-state index in [4.69, 9.17) is 9.26 Å². The zero-order chi connectivity index (χ0) is 29.6. The fraction of sp³-hybridized carbons (Fsp3) is 0.280. The molecule has 0 fully saturated rings. The number of hydrogen-bond donors (Lipinski definition) is 2. The van der Waals surface area contributed by atoms with Crippen molar-refractivity contribution in [2.24, 2.45) is 0 Å². The summed E-state index contributed by atoms with van der Waals surface area (Å²) in [5, 5.41) is 28.3. The molecule has 2 aromatic carbocycles. The number of ether oxygens (including phenoxy) is 1. The Morgan fingerprint density at radius 1 is 1.07 bits per heavy atom. The summed E-state index contributed by atoms with van der Waals surface area (Å²) >= 11 is 0. The van der Waals surface area contributed by atoms with E-state index in [0.717, 1.165) is 18.3 Å². The molecule has 0 saturated heterocycles. The first-order valence-electron chi connectivity index (χ1n) is 11.4. The Morgan fingerprint density at radius 2 is 1.70 bits per heavy atom. The van der Waals surface area contributed by atoms with Crippen molar-refractivity contribution >= 4 is 22.3 Å². The van der Waals surface area contributed by atoms with E-state index < -0.39 is 34.1 Å². The molecule has 0 radical (unpaired) electrons. The van der Waals surface area contributed by atoms with Crippen LogP contribution in [0.2, 0.25) is 0 Å². The lowest BCUT2D eigenvalue weighted by atomic mass is 9.91. The largest absolute Gasteiger partial charge is 0.496 e. The van der Waals surface area contributed by atoms with Crippen LogP contribution >= 0.6 is 0 Å². The molecule has 40 heavy (non-hydrogen) atoms. The van der Waals surface area contributed by atoms with Crippen LogP contribution < -0.4 is 10.1 Å². The number of aromatic nitrogens is 2. The highest BCUT2D eigenvalue weighted by molar-refractivity contribution is 5.99. The fourth-order valence-corrected chi connectivity index (χ4v) is 4.31. The van der Waals surface area contributed by atoms with Crippen molar-refractivity contribution in [3.8, 4) is 16.9 Å². The Hall–Kier alpha value is -4.40. The molecule has 0 aliphatic carbocycles. The number of hydrogen-bond acceptors (Lipinski definition) is 8. The van der Waals surface area contributed by atoms with E-state index in [1.54, 1.807) is 19.9 Å². The minimum absolute atomic E-state index is 0.00947. The number of methoxy groups -OCH3 is 1. The number of aryl methyl sites for hydroxylation is 2. The van der Waals surface area contributed by atoms with E-state index in [2.05, 4.69) is 15.5 Å². The van der Waals surface area contributed by atoms with Crippen LogP contribution in [0.3, 0.4) is 0 Å². The second kappa shape index (κ2) is 9.97. The van der Waals surface area contributed by atoms with Crippen molar-refractivity contribution in [3.05, 3.63) is 75.3 Å². The van der Waals surface area contributed by atoms with Crippen molar-refractivity contribution in [1.29, 1.82) is 0 Å². The molecule has 9 nitrogen and oxygen atoms in total. The fourth-order valence-electron chi connectivity index (χ4n) is 4.31. The first kappa shape index (κ1) is 28.6. The van der Waals surface area contributed by atoms with Crippen LogP contribution in [0.4, 0.5) is 37.7 Å². The molecule has 212 valence electrons. The second-order valence-electron chi connectivity index (χ2n) is 8.80. The molecule has 0 spiro atoms. The molecule has 0 unspecified atom stereocenters. The number of fused-ring (bicyclic) bond motifs is 1. The van der Waals surface area contributed by atoms with Gasteiger partial charge in [-0.1, -0.05) is 29.4 Å². The highest BCUT2D eigenvalue weighted by atomic mass is 19.4. The van der Waals surface area contributed by atoms with Gasteiger partial charge >= 0.3 is 18.0 Å². The maximum atomic E-state index is 13.2. The second-order valence-corrected chi connectivity index (χ2v) is 8.80. The summed E-state index contributed by atoms with van der Waals surface area (Å²) in [5.74, 6) is 0.817. The monoisotopic (exact) mass is 570 g/mol. The standard InChI is InChI=1S/C25H20F6N4O5/c1-12-21(13(2)40-34-12)17-8-18-16(9-20(17)39-3)22(19(11-32-18)35(37)38)33-10-14-4-6-15(7-5-14)23(36,24(26,27)28)25(29,30)31/h4-9,11,36H,10H2,1-3H3,(H,32,33). The van der Waals surface area contributed by atoms with Crippen molar-refractivity contribution in [2.45, 2.75) is 38.3 Å². The third kappa shape index (κ3) is 4.76. The van der Waals surface area contributed by atoms with E-state index in [1.807, 2.05) is 0 Å². The molecule has 4 rings (SSSR count). The number of nitro groups is 1. The van der Waals surface area contributed by atoms with Gasteiger partial charge in [0.1, 0.15) is 23.4 Å². The van der Waals surface area contributed by atoms with Crippen molar-refractivity contribution in [1.82, 2.24) is 10.1 Å². The average Bonchev–Trinajstić information content (AvgIpc) is 3.21. The number of nitrogens with zero attached hydrogens (tertiary/aromatic N) is 3. The number of benzene rings is 2. The maximum absolute atomic E-state index is 13.2. The molecule has 0 aliphatic rings. The Labute approximate surface area is 221 Å². The number of nitrogens with one attached hydrogen (secondary N) is 1. The summed E-state index contributed by atoms with van der Waals surface area (Å²) in [6, 6.07) is 6.01. The topological polar surface area (TPSA) is 124 Å². The average molecular weight is 570 g/mol. The quantitative estimate of drug-likeness (QED) is 0.150. The number of alkyl halides is 6. The summed E-state index contributed by atoms with van der Waals surface area (Å²) in [6.45, 7) is 3.19. The predicted octanol–water partition coefficient (Wildman–Crippen LogP) is 6.35. The molecule has 0 saturated carbocycles. The Morgan fingerprint density at radius 3 is 2.20 bits per heavy atom. The summed E-state index contributed by atoms with van der Waals surface area (Å²) in [4.78, 5) is 15.2. The summed E-state index contributed by atoms with van der Waals surface area (Å²) in [6.07, 6.45) is -11.0. The third-order valence-electron chi connectivity index (χ3n) is 6.33. The predicted molar refractivity (Wildman–Crippen MR) is 130 cm³/mol. The lowest BCUT2D eigenvalue weighted by Crippen LogP contribution is -2.53. The van der Waals surface area contributed by atoms with E-state index in [1.165, 1.54) is 13.2 Å². The summed E-state index contributed by atoms with van der Waals surface area (Å²) in [5.41, 5.74) is -4.66. The number of rotatable bonds is 7. The van der Waals surface area contributed by atoms with Gasteiger partial charge in [0, 0.05) is 23.1 Å². The van der Waals surface area contributed by atoms with Crippen molar-refractivity contribution in [3.63, 3.8) is 0 Å². The SMILES string of the molecule is COc1cc2c(NCc3ccc(C(O)(C(F)(F)F)C(F)(F)F)cc3)c([N+](=O)[O-])cnc2cc1-c1c(C)noc1C. The van der Waals surface area contributed by atoms with Gasteiger partial charge in [-0.2, -0.15) is 26.3 Å². The normalized spacial score (nSPS) is 12.6. The van der Waals surface area contributed by atoms with Gasteiger partial charge in [-0.25, -0.2) is 4.98 Å². The maximum Gasteiger partial charge on any atom is 0.430 e. The van der Waals surface area contributed by atoms with Crippen LogP contribution in [0.1, 0.15) is 22.6 Å². The number of halogens is 6.